The molecule has 0 saturated carbocycles. The van der Waals surface area contributed by atoms with E-state index >= 15 is 0 Å². The van der Waals surface area contributed by atoms with Crippen molar-refractivity contribution >= 4 is 5.95 Å². The van der Waals surface area contributed by atoms with Crippen LogP contribution in [0.3, 0.4) is 0 Å². The Kier molecular flexibility index (Phi) is 2.73. The summed E-state index contributed by atoms with van der Waals surface area (Å²) in [7, 11) is 1.45. The quantitative estimate of drug-likeness (QED) is 0.750. The first-order chi connectivity index (χ1) is 6.40. The third-order valence-corrected chi connectivity index (χ3v) is 1.19. The van der Waals surface area contributed by atoms with E-state index in [0.717, 1.165) is 0 Å². The molecule has 1 heterocycles. The molecule has 0 amide bonds. The summed E-state index contributed by atoms with van der Waals surface area (Å²) in [6, 6.07) is 0.318. The number of hydrogen-bond donors (Lipinski definition) is 1. The van der Waals surface area contributed by atoms with Gasteiger partial charge in [-0.1, -0.05) is 0 Å². The van der Waals surface area contributed by atoms with Crippen molar-refractivity contribution in [3.8, 4) is 12.0 Å². The van der Waals surface area contributed by atoms with Crippen LogP contribution in [0.1, 0.15) is 20.8 Å². The van der Waals surface area contributed by atoms with E-state index in [1.165, 1.54) is 7.11 Å². The highest BCUT2D eigenvalue weighted by Gasteiger charge is 2.15. The van der Waals surface area contributed by atoms with E-state index in [1.807, 2.05) is 20.8 Å². The fourth-order valence-electron chi connectivity index (χ4n) is 0.764. The molecule has 0 unspecified atom stereocenters. The van der Waals surface area contributed by atoms with E-state index in [1.54, 1.807) is 0 Å². The lowest BCUT2D eigenvalue weighted by atomic mass is 10.2. The summed E-state index contributed by atoms with van der Waals surface area (Å²) in [5.41, 5.74) is 5.06. The van der Waals surface area contributed by atoms with E-state index in [0.29, 0.717) is 0 Å². The number of ether oxygens (including phenoxy) is 2. The zero-order chi connectivity index (χ0) is 10.8. The first kappa shape index (κ1) is 10.5. The van der Waals surface area contributed by atoms with Crippen LogP contribution in [0.15, 0.2) is 0 Å². The molecule has 0 atom stereocenters. The minimum atomic E-state index is -0.376. The highest BCUT2D eigenvalue weighted by Crippen LogP contribution is 2.15. The van der Waals surface area contributed by atoms with Crippen molar-refractivity contribution in [3.63, 3.8) is 0 Å². The second-order valence-corrected chi connectivity index (χ2v) is 3.68. The van der Waals surface area contributed by atoms with Crippen molar-refractivity contribution in [1.82, 2.24) is 15.0 Å². The van der Waals surface area contributed by atoms with E-state index < -0.39 is 0 Å². The van der Waals surface area contributed by atoms with Gasteiger partial charge in [-0.2, -0.15) is 9.97 Å². The number of nitrogens with zero attached hydrogens (tertiary/aromatic N) is 3. The molecule has 0 bridgehead atoms. The van der Waals surface area contributed by atoms with Gasteiger partial charge in [0.05, 0.1) is 7.11 Å². The van der Waals surface area contributed by atoms with Gasteiger partial charge < -0.3 is 15.2 Å². The van der Waals surface area contributed by atoms with Crippen LogP contribution in [0.4, 0.5) is 5.95 Å². The summed E-state index contributed by atoms with van der Waals surface area (Å²) in [6.07, 6.45) is 0. The maximum atomic E-state index is 5.43. The second-order valence-electron chi connectivity index (χ2n) is 3.68. The van der Waals surface area contributed by atoms with Crippen molar-refractivity contribution in [3.05, 3.63) is 0 Å². The monoisotopic (exact) mass is 198 g/mol. The van der Waals surface area contributed by atoms with Crippen LogP contribution in [0.2, 0.25) is 0 Å². The van der Waals surface area contributed by atoms with E-state index in [-0.39, 0.29) is 23.6 Å². The maximum absolute atomic E-state index is 5.43. The van der Waals surface area contributed by atoms with Crippen molar-refractivity contribution in [2.45, 2.75) is 26.4 Å². The number of anilines is 1. The normalized spacial score (nSPS) is 11.1. The van der Waals surface area contributed by atoms with Crippen LogP contribution in [0.25, 0.3) is 0 Å². The Morgan fingerprint density at radius 1 is 1.07 bits per heavy atom. The average molecular weight is 198 g/mol. The maximum Gasteiger partial charge on any atom is 0.324 e. The number of nitrogens with two attached hydrogens (primary N) is 1. The molecule has 0 spiro atoms. The van der Waals surface area contributed by atoms with Crippen LogP contribution in [0.5, 0.6) is 12.0 Å². The Labute approximate surface area is 82.5 Å². The van der Waals surface area contributed by atoms with Crippen molar-refractivity contribution in [2.75, 3.05) is 12.8 Å². The number of aromatic nitrogens is 3. The van der Waals surface area contributed by atoms with Crippen LogP contribution in [-0.2, 0) is 0 Å². The molecule has 0 radical (unpaired) electrons. The molecular weight excluding hydrogens is 184 g/mol. The summed E-state index contributed by atoms with van der Waals surface area (Å²) in [4.78, 5) is 11.4. The van der Waals surface area contributed by atoms with E-state index in [4.69, 9.17) is 15.2 Å². The van der Waals surface area contributed by atoms with Gasteiger partial charge in [0.25, 0.3) is 0 Å². The summed E-state index contributed by atoms with van der Waals surface area (Å²) >= 11 is 0. The third-order valence-electron chi connectivity index (χ3n) is 1.19. The lowest BCUT2D eigenvalue weighted by Crippen LogP contribution is -2.24. The Balaban J connectivity index is 2.92. The summed E-state index contributed by atoms with van der Waals surface area (Å²) < 4.78 is 10.2. The first-order valence-corrected chi connectivity index (χ1v) is 4.15. The van der Waals surface area contributed by atoms with Gasteiger partial charge in [0.2, 0.25) is 5.95 Å². The molecular formula is C8H14N4O2. The molecule has 0 aliphatic rings. The zero-order valence-corrected chi connectivity index (χ0v) is 8.74. The van der Waals surface area contributed by atoms with Crippen LogP contribution in [0, 0.1) is 0 Å². The standard InChI is InChI=1S/C8H14N4O2/c1-8(2,3)14-7-11-5(9)10-6(12-7)13-4/h1-4H3,(H2,9,10,11,12). The van der Waals surface area contributed by atoms with Crippen molar-refractivity contribution < 1.29 is 9.47 Å². The molecule has 0 saturated heterocycles. The third kappa shape index (κ3) is 3.04. The van der Waals surface area contributed by atoms with E-state index in [2.05, 4.69) is 15.0 Å². The molecule has 1 aromatic heterocycles. The van der Waals surface area contributed by atoms with Gasteiger partial charge in [-0.3, -0.25) is 0 Å². The van der Waals surface area contributed by atoms with Gasteiger partial charge in [0.15, 0.2) is 0 Å². The van der Waals surface area contributed by atoms with Gasteiger partial charge in [-0.15, -0.1) is 4.98 Å². The van der Waals surface area contributed by atoms with Crippen LogP contribution in [-0.4, -0.2) is 27.7 Å². The Bertz CT molecular complexity index is 322. The number of rotatable bonds is 2. The summed E-state index contributed by atoms with van der Waals surface area (Å²) in [6.45, 7) is 5.67. The molecule has 0 fully saturated rings. The molecule has 1 rings (SSSR count). The molecule has 2 N–H and O–H groups in total. The zero-order valence-electron chi connectivity index (χ0n) is 8.74. The van der Waals surface area contributed by atoms with Gasteiger partial charge in [0, 0.05) is 0 Å². The van der Waals surface area contributed by atoms with Gasteiger partial charge in [0.1, 0.15) is 5.60 Å². The molecule has 78 valence electrons. The lowest BCUT2D eigenvalue weighted by molar-refractivity contribution is 0.115. The Morgan fingerprint density at radius 2 is 1.64 bits per heavy atom. The van der Waals surface area contributed by atoms with Crippen molar-refractivity contribution in [2.24, 2.45) is 0 Å². The van der Waals surface area contributed by atoms with Gasteiger partial charge in [-0.25, -0.2) is 0 Å². The minimum absolute atomic E-state index is 0.0797. The molecule has 14 heavy (non-hydrogen) atoms. The largest absolute Gasteiger partial charge is 0.467 e. The van der Waals surface area contributed by atoms with Crippen LogP contribution < -0.4 is 15.2 Å². The highest BCUT2D eigenvalue weighted by atomic mass is 16.5. The predicted molar refractivity (Wildman–Crippen MR) is 51.2 cm³/mol. The number of nitrogen functional groups attached to an aromatic ring is 1. The van der Waals surface area contributed by atoms with Gasteiger partial charge >= 0.3 is 12.0 Å². The predicted octanol–water partition coefficient (Wildman–Crippen LogP) is 0.640. The number of methoxy groups -OCH3 is 1. The smallest absolute Gasteiger partial charge is 0.324 e. The molecule has 1 aromatic rings. The second kappa shape index (κ2) is 3.65. The topological polar surface area (TPSA) is 83.2 Å². The molecule has 0 aliphatic carbocycles. The fraction of sp³-hybridized carbons (Fsp3) is 0.625. The molecule has 0 aromatic carbocycles. The highest BCUT2D eigenvalue weighted by molar-refractivity contribution is 5.20. The summed E-state index contributed by atoms with van der Waals surface area (Å²) in [5.74, 6) is 0.0797. The SMILES string of the molecule is COc1nc(N)nc(OC(C)(C)C)n1. The first-order valence-electron chi connectivity index (χ1n) is 4.15. The Morgan fingerprint density at radius 3 is 2.14 bits per heavy atom. The fourth-order valence-corrected chi connectivity index (χ4v) is 0.764. The van der Waals surface area contributed by atoms with Crippen LogP contribution >= 0.6 is 0 Å². The van der Waals surface area contributed by atoms with Gasteiger partial charge in [-0.05, 0) is 20.8 Å². The molecule has 6 nitrogen and oxygen atoms in total. The Hall–Kier alpha value is -1.59. The molecule has 6 heteroatoms. The van der Waals surface area contributed by atoms with E-state index in [9.17, 15) is 0 Å². The lowest BCUT2D eigenvalue weighted by Gasteiger charge is -2.19. The minimum Gasteiger partial charge on any atom is -0.467 e. The summed E-state index contributed by atoms with van der Waals surface area (Å²) in [5, 5.41) is 0. The average Bonchev–Trinajstić information content (AvgIpc) is 1.99. The molecule has 0 aliphatic heterocycles. The van der Waals surface area contributed by atoms with Crippen molar-refractivity contribution in [1.29, 1.82) is 0 Å². The number of hydrogen-bond acceptors (Lipinski definition) is 6.